The second-order valence-electron chi connectivity index (χ2n) is 3.61. The van der Waals surface area contributed by atoms with E-state index < -0.39 is 0 Å². The van der Waals surface area contributed by atoms with Crippen molar-refractivity contribution < 1.29 is 4.74 Å². The van der Waals surface area contributed by atoms with Crippen LogP contribution >= 0.6 is 0 Å². The summed E-state index contributed by atoms with van der Waals surface area (Å²) in [5.41, 5.74) is 3.64. The molecule has 1 aliphatic rings. The van der Waals surface area contributed by atoms with E-state index in [1.807, 2.05) is 25.1 Å². The molecule has 1 aliphatic heterocycles. The molecule has 0 bridgehead atoms. The van der Waals surface area contributed by atoms with Crippen molar-refractivity contribution >= 4 is 5.57 Å². The third-order valence-corrected chi connectivity index (χ3v) is 2.28. The van der Waals surface area contributed by atoms with E-state index in [1.165, 1.54) is 11.1 Å². The van der Waals surface area contributed by atoms with Gasteiger partial charge in [-0.15, -0.1) is 0 Å². The molecule has 1 heteroatoms. The van der Waals surface area contributed by atoms with Crippen LogP contribution in [0.5, 0.6) is 5.75 Å². The molecule has 0 atom stereocenters. The van der Waals surface area contributed by atoms with Crippen molar-refractivity contribution in [2.45, 2.75) is 13.3 Å². The quantitative estimate of drug-likeness (QED) is 0.653. The Hall–Kier alpha value is -1.50. The summed E-state index contributed by atoms with van der Waals surface area (Å²) < 4.78 is 5.56. The normalized spacial score (nSPS) is 17.4. The van der Waals surface area contributed by atoms with Gasteiger partial charge in [0.15, 0.2) is 0 Å². The SMILES string of the molecule is C=C(C)/C=C1\CCOc2ccccc21. The first-order valence-electron chi connectivity index (χ1n) is 4.85. The highest BCUT2D eigenvalue weighted by molar-refractivity contribution is 5.73. The molecule has 1 aromatic rings. The summed E-state index contributed by atoms with van der Waals surface area (Å²) >= 11 is 0. The van der Waals surface area contributed by atoms with Gasteiger partial charge in [0, 0.05) is 12.0 Å². The first-order valence-corrected chi connectivity index (χ1v) is 4.85. The van der Waals surface area contributed by atoms with Crippen LogP contribution in [0.4, 0.5) is 0 Å². The highest BCUT2D eigenvalue weighted by Gasteiger charge is 2.13. The van der Waals surface area contributed by atoms with Crippen LogP contribution < -0.4 is 4.74 Å². The summed E-state index contributed by atoms with van der Waals surface area (Å²) in [5, 5.41) is 0. The predicted octanol–water partition coefficient (Wildman–Crippen LogP) is 3.43. The topological polar surface area (TPSA) is 9.23 Å². The Balaban J connectivity index is 2.45. The van der Waals surface area contributed by atoms with Crippen molar-refractivity contribution in [2.24, 2.45) is 0 Å². The fourth-order valence-corrected chi connectivity index (χ4v) is 1.71. The van der Waals surface area contributed by atoms with Gasteiger partial charge in [-0.1, -0.05) is 36.4 Å². The highest BCUT2D eigenvalue weighted by Crippen LogP contribution is 2.32. The fraction of sp³-hybridized carbons (Fsp3) is 0.231. The Labute approximate surface area is 84.7 Å². The minimum atomic E-state index is 0.774. The molecule has 0 aliphatic carbocycles. The Kier molecular flexibility index (Phi) is 2.40. The zero-order valence-corrected chi connectivity index (χ0v) is 8.42. The fourth-order valence-electron chi connectivity index (χ4n) is 1.71. The summed E-state index contributed by atoms with van der Waals surface area (Å²) in [5.74, 6) is 0.992. The van der Waals surface area contributed by atoms with Crippen molar-refractivity contribution in [1.82, 2.24) is 0 Å². The molecule has 0 unspecified atom stereocenters. The lowest BCUT2D eigenvalue weighted by Gasteiger charge is -2.19. The predicted molar refractivity (Wildman–Crippen MR) is 59.3 cm³/mol. The van der Waals surface area contributed by atoms with E-state index in [0.29, 0.717) is 0 Å². The average Bonchev–Trinajstić information content (AvgIpc) is 2.18. The van der Waals surface area contributed by atoms with Gasteiger partial charge in [0.1, 0.15) is 5.75 Å². The van der Waals surface area contributed by atoms with E-state index >= 15 is 0 Å². The number of fused-ring (bicyclic) bond motifs is 1. The van der Waals surface area contributed by atoms with Gasteiger partial charge in [-0.3, -0.25) is 0 Å². The molecule has 72 valence electrons. The van der Waals surface area contributed by atoms with E-state index in [-0.39, 0.29) is 0 Å². The minimum Gasteiger partial charge on any atom is -0.493 e. The van der Waals surface area contributed by atoms with Gasteiger partial charge in [-0.25, -0.2) is 0 Å². The van der Waals surface area contributed by atoms with Crippen molar-refractivity contribution in [2.75, 3.05) is 6.61 Å². The van der Waals surface area contributed by atoms with Gasteiger partial charge in [0.05, 0.1) is 6.61 Å². The highest BCUT2D eigenvalue weighted by atomic mass is 16.5. The first kappa shape index (κ1) is 9.07. The van der Waals surface area contributed by atoms with Crippen LogP contribution in [-0.2, 0) is 0 Å². The molecule has 0 aromatic heterocycles. The van der Waals surface area contributed by atoms with E-state index in [9.17, 15) is 0 Å². The molecule has 1 aromatic carbocycles. The van der Waals surface area contributed by atoms with Crippen LogP contribution in [0.15, 0.2) is 42.5 Å². The number of rotatable bonds is 1. The smallest absolute Gasteiger partial charge is 0.126 e. The Morgan fingerprint density at radius 1 is 1.43 bits per heavy atom. The number of para-hydroxylation sites is 1. The molecule has 14 heavy (non-hydrogen) atoms. The van der Waals surface area contributed by atoms with E-state index in [0.717, 1.165) is 24.4 Å². The molecule has 1 nitrogen and oxygen atoms in total. The standard InChI is InChI=1S/C13H14O/c1-10(2)9-11-7-8-14-13-6-4-3-5-12(11)13/h3-6,9H,1,7-8H2,2H3/b11-9+. The number of ether oxygens (including phenoxy) is 1. The van der Waals surface area contributed by atoms with Crippen molar-refractivity contribution in [3.63, 3.8) is 0 Å². The molecule has 0 N–H and O–H groups in total. The molecule has 1 heterocycles. The molecule has 0 amide bonds. The summed E-state index contributed by atoms with van der Waals surface area (Å²) in [6.07, 6.45) is 3.12. The van der Waals surface area contributed by atoms with Crippen molar-refractivity contribution in [1.29, 1.82) is 0 Å². The van der Waals surface area contributed by atoms with E-state index in [1.54, 1.807) is 0 Å². The van der Waals surface area contributed by atoms with Gasteiger partial charge >= 0.3 is 0 Å². The second-order valence-corrected chi connectivity index (χ2v) is 3.61. The maximum Gasteiger partial charge on any atom is 0.126 e. The van der Waals surface area contributed by atoms with Crippen LogP contribution in [0.25, 0.3) is 5.57 Å². The Morgan fingerprint density at radius 2 is 2.21 bits per heavy atom. The molecule has 2 rings (SSSR count). The Bertz CT molecular complexity index is 388. The monoisotopic (exact) mass is 186 g/mol. The van der Waals surface area contributed by atoms with Gasteiger partial charge in [-0.2, -0.15) is 0 Å². The lowest BCUT2D eigenvalue weighted by Crippen LogP contribution is -2.07. The van der Waals surface area contributed by atoms with Crippen molar-refractivity contribution in [3.05, 3.63) is 48.1 Å². The summed E-state index contributed by atoms with van der Waals surface area (Å²) in [6.45, 7) is 6.70. The van der Waals surface area contributed by atoms with Gasteiger partial charge < -0.3 is 4.74 Å². The van der Waals surface area contributed by atoms with Crippen LogP contribution in [0, 0.1) is 0 Å². The molecular formula is C13H14O. The van der Waals surface area contributed by atoms with Gasteiger partial charge in [-0.05, 0) is 18.6 Å². The first-order chi connectivity index (χ1) is 6.77. The number of allylic oxidation sites excluding steroid dienone is 2. The number of hydrogen-bond donors (Lipinski definition) is 0. The third-order valence-electron chi connectivity index (χ3n) is 2.28. The minimum absolute atomic E-state index is 0.774. The average molecular weight is 186 g/mol. The van der Waals surface area contributed by atoms with Crippen LogP contribution in [0.2, 0.25) is 0 Å². The van der Waals surface area contributed by atoms with E-state index in [4.69, 9.17) is 4.74 Å². The maximum atomic E-state index is 5.56. The van der Waals surface area contributed by atoms with Crippen molar-refractivity contribution in [3.8, 4) is 5.75 Å². The molecule has 0 radical (unpaired) electrons. The van der Waals surface area contributed by atoms with Gasteiger partial charge in [0.2, 0.25) is 0 Å². The van der Waals surface area contributed by atoms with E-state index in [2.05, 4.69) is 18.7 Å². The summed E-state index contributed by atoms with van der Waals surface area (Å²) in [7, 11) is 0. The number of benzene rings is 1. The van der Waals surface area contributed by atoms with Crippen LogP contribution in [-0.4, -0.2) is 6.61 Å². The zero-order chi connectivity index (χ0) is 9.97. The molecule has 0 saturated heterocycles. The van der Waals surface area contributed by atoms with Crippen LogP contribution in [0.1, 0.15) is 18.9 Å². The second kappa shape index (κ2) is 3.70. The molecule has 0 saturated carbocycles. The summed E-state index contributed by atoms with van der Waals surface area (Å²) in [6, 6.07) is 8.16. The number of hydrogen-bond acceptors (Lipinski definition) is 1. The zero-order valence-electron chi connectivity index (χ0n) is 8.42. The van der Waals surface area contributed by atoms with Crippen LogP contribution in [0.3, 0.4) is 0 Å². The molecule has 0 fully saturated rings. The largest absolute Gasteiger partial charge is 0.493 e. The summed E-state index contributed by atoms with van der Waals surface area (Å²) in [4.78, 5) is 0. The molecular weight excluding hydrogens is 172 g/mol. The molecule has 0 spiro atoms. The lowest BCUT2D eigenvalue weighted by atomic mass is 9.98. The lowest BCUT2D eigenvalue weighted by molar-refractivity contribution is 0.316. The maximum absolute atomic E-state index is 5.56. The third kappa shape index (κ3) is 1.72. The Morgan fingerprint density at radius 3 is 3.00 bits per heavy atom. The van der Waals surface area contributed by atoms with Gasteiger partial charge in [0.25, 0.3) is 0 Å².